The summed E-state index contributed by atoms with van der Waals surface area (Å²) < 4.78 is 5.67. The van der Waals surface area contributed by atoms with E-state index in [4.69, 9.17) is 4.74 Å². The van der Waals surface area contributed by atoms with Crippen LogP contribution in [0.15, 0.2) is 48.5 Å². The van der Waals surface area contributed by atoms with Crippen molar-refractivity contribution >= 4 is 17.6 Å². The molecule has 3 aliphatic heterocycles. The smallest absolute Gasteiger partial charge is 0.325 e. The molecule has 0 bridgehead atoms. The zero-order valence-corrected chi connectivity index (χ0v) is 20.5. The van der Waals surface area contributed by atoms with E-state index in [1.807, 2.05) is 47.9 Å². The average molecular weight is 478 g/mol. The summed E-state index contributed by atoms with van der Waals surface area (Å²) >= 11 is 0. The number of nitrogens with zero attached hydrogens (tertiary/aromatic N) is 2. The number of rotatable bonds is 6. The van der Waals surface area contributed by atoms with Gasteiger partial charge in [-0.3, -0.25) is 20.5 Å². The van der Waals surface area contributed by atoms with Crippen LogP contribution in [-0.2, 0) is 11.3 Å². The molecule has 5 rings (SSSR count). The first-order chi connectivity index (χ1) is 16.9. The lowest BCUT2D eigenvalue weighted by atomic mass is 9.88. The van der Waals surface area contributed by atoms with Gasteiger partial charge in [0.25, 0.3) is 5.91 Å². The Labute approximate surface area is 207 Å². The molecule has 3 fully saturated rings. The zero-order valence-electron chi connectivity index (χ0n) is 20.5. The molecule has 2 aromatic rings. The number of hydrogen-bond donors (Lipinski definition) is 3. The van der Waals surface area contributed by atoms with E-state index in [1.165, 1.54) is 5.56 Å². The highest BCUT2D eigenvalue weighted by molar-refractivity contribution is 5.96. The molecular weight excluding hydrogens is 442 g/mol. The minimum Gasteiger partial charge on any atom is -0.381 e. The largest absolute Gasteiger partial charge is 0.381 e. The van der Waals surface area contributed by atoms with Crippen LogP contribution in [0.5, 0.6) is 0 Å². The van der Waals surface area contributed by atoms with Crippen LogP contribution < -0.4 is 21.1 Å². The van der Waals surface area contributed by atoms with Gasteiger partial charge >= 0.3 is 6.03 Å². The molecule has 2 aromatic carbocycles. The van der Waals surface area contributed by atoms with Crippen molar-refractivity contribution in [2.75, 3.05) is 37.7 Å². The van der Waals surface area contributed by atoms with Crippen LogP contribution in [0.4, 0.5) is 10.5 Å². The molecule has 186 valence electrons. The maximum absolute atomic E-state index is 13.8. The second-order valence-electron chi connectivity index (χ2n) is 10.2. The van der Waals surface area contributed by atoms with Crippen molar-refractivity contribution in [1.82, 2.24) is 21.1 Å². The van der Waals surface area contributed by atoms with Crippen LogP contribution in [0.1, 0.15) is 54.1 Å². The highest BCUT2D eigenvalue weighted by Gasteiger charge is 2.50. The first kappa shape index (κ1) is 23.8. The zero-order chi connectivity index (χ0) is 24.4. The molecule has 35 heavy (non-hydrogen) atoms. The molecule has 3 amide bonds. The molecular formula is C27H35N5O3. The molecule has 8 nitrogen and oxygen atoms in total. The highest BCUT2D eigenvalue weighted by Crippen LogP contribution is 2.39. The van der Waals surface area contributed by atoms with Gasteiger partial charge < -0.3 is 15.0 Å². The van der Waals surface area contributed by atoms with Gasteiger partial charge in [0, 0.05) is 56.1 Å². The van der Waals surface area contributed by atoms with Gasteiger partial charge in [-0.2, -0.15) is 0 Å². The van der Waals surface area contributed by atoms with Crippen molar-refractivity contribution in [2.24, 2.45) is 0 Å². The molecule has 1 spiro atoms. The maximum atomic E-state index is 13.8. The van der Waals surface area contributed by atoms with Gasteiger partial charge in [0.15, 0.2) is 0 Å². The number of urea groups is 1. The van der Waals surface area contributed by atoms with E-state index in [-0.39, 0.29) is 23.5 Å². The van der Waals surface area contributed by atoms with E-state index < -0.39 is 0 Å². The summed E-state index contributed by atoms with van der Waals surface area (Å²) in [4.78, 5) is 30.3. The fourth-order valence-corrected chi connectivity index (χ4v) is 5.38. The van der Waals surface area contributed by atoms with Gasteiger partial charge in [0.1, 0.15) is 0 Å². The lowest BCUT2D eigenvalue weighted by molar-refractivity contribution is 0.00611. The molecule has 0 aliphatic carbocycles. The number of benzene rings is 2. The SMILES string of the molecule is CC(C)NC(=O)c1cccc(CN2C(=O)N(c3ccc(C4CNNC4)cc3)CC23CCOCC3)c1. The van der Waals surface area contributed by atoms with E-state index >= 15 is 0 Å². The molecule has 3 saturated heterocycles. The average Bonchev–Trinajstić information content (AvgIpc) is 3.49. The summed E-state index contributed by atoms with van der Waals surface area (Å²) in [5.41, 5.74) is 9.85. The van der Waals surface area contributed by atoms with E-state index in [9.17, 15) is 9.59 Å². The van der Waals surface area contributed by atoms with Crippen molar-refractivity contribution in [3.8, 4) is 0 Å². The van der Waals surface area contributed by atoms with Crippen molar-refractivity contribution < 1.29 is 14.3 Å². The topological polar surface area (TPSA) is 85.9 Å². The third-order valence-corrected chi connectivity index (χ3v) is 7.36. The Morgan fingerprint density at radius 3 is 2.51 bits per heavy atom. The van der Waals surface area contributed by atoms with Crippen molar-refractivity contribution in [2.45, 2.75) is 50.7 Å². The predicted octanol–water partition coefficient (Wildman–Crippen LogP) is 3.01. The fraction of sp³-hybridized carbons (Fsp3) is 0.481. The Kier molecular flexibility index (Phi) is 6.77. The van der Waals surface area contributed by atoms with Crippen molar-refractivity contribution in [3.05, 3.63) is 65.2 Å². The molecule has 0 saturated carbocycles. The number of nitrogens with one attached hydrogen (secondary N) is 3. The summed E-state index contributed by atoms with van der Waals surface area (Å²) in [6.07, 6.45) is 1.61. The Morgan fingerprint density at radius 2 is 1.83 bits per heavy atom. The minimum absolute atomic E-state index is 0.0147. The van der Waals surface area contributed by atoms with E-state index in [1.54, 1.807) is 0 Å². The maximum Gasteiger partial charge on any atom is 0.325 e. The van der Waals surface area contributed by atoms with Gasteiger partial charge in [-0.05, 0) is 62.1 Å². The van der Waals surface area contributed by atoms with Crippen LogP contribution in [0.2, 0.25) is 0 Å². The Bertz CT molecular complexity index is 1060. The van der Waals surface area contributed by atoms with E-state index in [2.05, 4.69) is 40.4 Å². The van der Waals surface area contributed by atoms with Gasteiger partial charge in [0.05, 0.1) is 12.1 Å². The first-order valence-corrected chi connectivity index (χ1v) is 12.6. The number of amides is 3. The van der Waals surface area contributed by atoms with Crippen molar-refractivity contribution in [3.63, 3.8) is 0 Å². The number of hydrazine groups is 1. The van der Waals surface area contributed by atoms with Gasteiger partial charge in [-0.25, -0.2) is 4.79 Å². The van der Waals surface area contributed by atoms with Crippen molar-refractivity contribution in [1.29, 1.82) is 0 Å². The Morgan fingerprint density at radius 1 is 1.11 bits per heavy atom. The molecule has 3 aliphatic rings. The summed E-state index contributed by atoms with van der Waals surface area (Å²) in [6, 6.07) is 16.1. The molecule has 0 unspecified atom stereocenters. The summed E-state index contributed by atoms with van der Waals surface area (Å²) in [6.45, 7) is 8.12. The van der Waals surface area contributed by atoms with Crippen LogP contribution in [0.3, 0.4) is 0 Å². The molecule has 0 aromatic heterocycles. The summed E-state index contributed by atoms with van der Waals surface area (Å²) in [5.74, 6) is 0.349. The lowest BCUT2D eigenvalue weighted by Gasteiger charge is -2.40. The monoisotopic (exact) mass is 477 g/mol. The van der Waals surface area contributed by atoms with E-state index in [0.29, 0.717) is 37.8 Å². The van der Waals surface area contributed by atoms with Gasteiger partial charge in [-0.1, -0.05) is 24.3 Å². The second-order valence-corrected chi connectivity index (χ2v) is 10.2. The first-order valence-electron chi connectivity index (χ1n) is 12.6. The minimum atomic E-state index is -0.274. The number of hydrogen-bond acceptors (Lipinski definition) is 5. The second kappa shape index (κ2) is 9.97. The Hall–Kier alpha value is -2.94. The summed E-state index contributed by atoms with van der Waals surface area (Å²) in [5, 5.41) is 2.95. The molecule has 8 heteroatoms. The predicted molar refractivity (Wildman–Crippen MR) is 135 cm³/mol. The Balaban J connectivity index is 1.38. The third kappa shape index (κ3) is 4.91. The third-order valence-electron chi connectivity index (χ3n) is 7.36. The molecule has 3 N–H and O–H groups in total. The van der Waals surface area contributed by atoms with Crippen LogP contribution in [0, 0.1) is 0 Å². The molecule has 0 atom stereocenters. The van der Waals surface area contributed by atoms with Crippen LogP contribution in [0.25, 0.3) is 0 Å². The van der Waals surface area contributed by atoms with Gasteiger partial charge in [-0.15, -0.1) is 0 Å². The van der Waals surface area contributed by atoms with Crippen LogP contribution >= 0.6 is 0 Å². The number of carbonyl (C=O) groups excluding carboxylic acids is 2. The standard InChI is InChI=1S/C27H35N5O3/c1-19(2)30-25(33)22-5-3-4-20(14-22)17-32-26(34)31(18-27(32)10-12-35-13-11-27)24-8-6-21(7-9-24)23-15-28-29-16-23/h3-9,14,19,23,28-29H,10-13,15-18H2,1-2H3,(H,30,33). The van der Waals surface area contributed by atoms with Gasteiger partial charge in [0.2, 0.25) is 0 Å². The van der Waals surface area contributed by atoms with E-state index in [0.717, 1.165) is 37.2 Å². The quantitative estimate of drug-likeness (QED) is 0.596. The fourth-order valence-electron chi connectivity index (χ4n) is 5.38. The molecule has 0 radical (unpaired) electrons. The number of anilines is 1. The number of carbonyl (C=O) groups is 2. The lowest BCUT2D eigenvalue weighted by Crippen LogP contribution is -2.50. The molecule has 3 heterocycles. The highest BCUT2D eigenvalue weighted by atomic mass is 16.5. The summed E-state index contributed by atoms with van der Waals surface area (Å²) in [7, 11) is 0. The van der Waals surface area contributed by atoms with Crippen LogP contribution in [-0.4, -0.2) is 61.3 Å². The normalized spacial score (nSPS) is 20.3. The number of ether oxygens (including phenoxy) is 1.